The largest absolute Gasteiger partial charge is 0.493 e. The Morgan fingerprint density at radius 1 is 1.19 bits per heavy atom. The van der Waals surface area contributed by atoms with Crippen LogP contribution in [0.1, 0.15) is 17.7 Å². The average molecular weight is 376 g/mol. The van der Waals surface area contributed by atoms with Crippen LogP contribution in [0.25, 0.3) is 0 Å². The van der Waals surface area contributed by atoms with E-state index < -0.39 is 4.92 Å². The zero-order valence-electron chi connectivity index (χ0n) is 14.7. The van der Waals surface area contributed by atoms with Crippen molar-refractivity contribution in [2.45, 2.75) is 12.2 Å². The smallest absolute Gasteiger partial charge is 0.269 e. The Kier molecular flexibility index (Phi) is 6.85. The lowest BCUT2D eigenvalue weighted by Crippen LogP contribution is -2.14. The number of anilines is 1. The second-order valence-electron chi connectivity index (χ2n) is 5.42. The first-order valence-corrected chi connectivity index (χ1v) is 8.87. The van der Waals surface area contributed by atoms with E-state index in [0.717, 1.165) is 5.56 Å². The molecule has 1 atom stereocenters. The fourth-order valence-electron chi connectivity index (χ4n) is 2.30. The van der Waals surface area contributed by atoms with Gasteiger partial charge in [0.25, 0.3) is 5.69 Å². The van der Waals surface area contributed by atoms with Crippen molar-refractivity contribution in [2.75, 3.05) is 25.3 Å². The number of carbonyl (C=O) groups excluding carboxylic acids is 1. The van der Waals surface area contributed by atoms with Gasteiger partial charge in [0.15, 0.2) is 11.5 Å². The maximum absolute atomic E-state index is 12.2. The van der Waals surface area contributed by atoms with Crippen LogP contribution in [-0.4, -0.2) is 30.8 Å². The molecule has 138 valence electrons. The number of hydrogen-bond donors (Lipinski definition) is 1. The van der Waals surface area contributed by atoms with Gasteiger partial charge in [0, 0.05) is 29.1 Å². The van der Waals surface area contributed by atoms with Gasteiger partial charge in [-0.25, -0.2) is 0 Å². The summed E-state index contributed by atoms with van der Waals surface area (Å²) in [5.41, 5.74) is 1.46. The van der Waals surface area contributed by atoms with E-state index in [1.165, 1.54) is 31.0 Å². The highest BCUT2D eigenvalue weighted by Crippen LogP contribution is 2.31. The van der Waals surface area contributed by atoms with Crippen LogP contribution < -0.4 is 14.8 Å². The van der Waals surface area contributed by atoms with Gasteiger partial charge in [-0.2, -0.15) is 0 Å². The molecule has 0 aliphatic heterocycles. The lowest BCUT2D eigenvalue weighted by atomic mass is 10.1. The molecular weight excluding hydrogens is 356 g/mol. The van der Waals surface area contributed by atoms with Crippen molar-refractivity contribution in [2.24, 2.45) is 0 Å². The number of nitro groups is 1. The molecule has 26 heavy (non-hydrogen) atoms. The van der Waals surface area contributed by atoms with Crippen LogP contribution in [0.2, 0.25) is 0 Å². The predicted molar refractivity (Wildman–Crippen MR) is 102 cm³/mol. The number of hydrogen-bond acceptors (Lipinski definition) is 6. The van der Waals surface area contributed by atoms with Crippen molar-refractivity contribution < 1.29 is 19.2 Å². The number of nitrogens with one attached hydrogen (secondary N) is 1. The Morgan fingerprint density at radius 2 is 1.92 bits per heavy atom. The molecule has 0 fully saturated rings. The molecule has 0 spiro atoms. The Morgan fingerprint density at radius 3 is 2.58 bits per heavy atom. The zero-order chi connectivity index (χ0) is 19.1. The van der Waals surface area contributed by atoms with Gasteiger partial charge in [-0.1, -0.05) is 12.1 Å². The molecule has 0 aliphatic rings. The Hall–Kier alpha value is -2.74. The van der Waals surface area contributed by atoms with Crippen molar-refractivity contribution in [1.82, 2.24) is 0 Å². The summed E-state index contributed by atoms with van der Waals surface area (Å²) in [6.45, 7) is 1.91. The second-order valence-corrected chi connectivity index (χ2v) is 6.75. The molecule has 0 saturated carbocycles. The first-order valence-electron chi connectivity index (χ1n) is 7.82. The second kappa shape index (κ2) is 9.10. The van der Waals surface area contributed by atoms with E-state index in [1.54, 1.807) is 31.4 Å². The first-order chi connectivity index (χ1) is 12.4. The van der Waals surface area contributed by atoms with Crippen LogP contribution in [0.15, 0.2) is 42.5 Å². The molecular formula is C18H20N2O5S. The first kappa shape index (κ1) is 19.6. The van der Waals surface area contributed by atoms with Gasteiger partial charge in [-0.3, -0.25) is 14.9 Å². The van der Waals surface area contributed by atoms with Crippen molar-refractivity contribution in [1.29, 1.82) is 0 Å². The fraction of sp³-hybridized carbons (Fsp3) is 0.278. The third-order valence-corrected chi connectivity index (χ3v) is 4.88. The van der Waals surface area contributed by atoms with Gasteiger partial charge in [0.1, 0.15) is 0 Å². The van der Waals surface area contributed by atoms with E-state index in [-0.39, 0.29) is 22.6 Å². The SMILES string of the molecule is COc1ccc(NC(=O)CS[C@@H](C)c2cccc([N+](=O)[O-])c2)cc1OC. The number of carbonyl (C=O) groups is 1. The number of methoxy groups -OCH3 is 2. The molecule has 0 saturated heterocycles. The molecule has 0 aliphatic carbocycles. The third-order valence-electron chi connectivity index (χ3n) is 3.68. The van der Waals surface area contributed by atoms with Gasteiger partial charge in [-0.15, -0.1) is 11.8 Å². The van der Waals surface area contributed by atoms with E-state index in [9.17, 15) is 14.9 Å². The topological polar surface area (TPSA) is 90.7 Å². The summed E-state index contributed by atoms with van der Waals surface area (Å²) in [5, 5.41) is 13.6. The van der Waals surface area contributed by atoms with Crippen LogP contribution in [0.5, 0.6) is 11.5 Å². The highest BCUT2D eigenvalue weighted by atomic mass is 32.2. The Balaban J connectivity index is 1.94. The van der Waals surface area contributed by atoms with Crippen molar-refractivity contribution >= 4 is 29.0 Å². The van der Waals surface area contributed by atoms with Gasteiger partial charge in [-0.05, 0) is 24.6 Å². The van der Waals surface area contributed by atoms with Gasteiger partial charge < -0.3 is 14.8 Å². The predicted octanol–water partition coefficient (Wildman–Crippen LogP) is 4.04. The van der Waals surface area contributed by atoms with Gasteiger partial charge in [0.05, 0.1) is 24.9 Å². The van der Waals surface area contributed by atoms with Crippen molar-refractivity contribution in [3.8, 4) is 11.5 Å². The van der Waals surface area contributed by atoms with Crippen LogP contribution in [0, 0.1) is 10.1 Å². The van der Waals surface area contributed by atoms with Crippen LogP contribution in [-0.2, 0) is 4.79 Å². The minimum Gasteiger partial charge on any atom is -0.493 e. The highest BCUT2D eigenvalue weighted by molar-refractivity contribution is 8.00. The maximum atomic E-state index is 12.2. The summed E-state index contributed by atoms with van der Waals surface area (Å²) >= 11 is 1.40. The molecule has 0 aromatic heterocycles. The minimum absolute atomic E-state index is 0.0460. The standard InChI is InChI=1S/C18H20N2O5S/c1-12(13-5-4-6-15(9-13)20(22)23)26-11-18(21)19-14-7-8-16(24-2)17(10-14)25-3/h4-10,12H,11H2,1-3H3,(H,19,21)/t12-/m0/s1. The number of ether oxygens (including phenoxy) is 2. The van der Waals surface area contributed by atoms with Crippen LogP contribution >= 0.6 is 11.8 Å². The van der Waals surface area contributed by atoms with Gasteiger partial charge in [0.2, 0.25) is 5.91 Å². The maximum Gasteiger partial charge on any atom is 0.269 e. The molecule has 1 N–H and O–H groups in total. The number of nitro benzene ring substituents is 1. The minimum atomic E-state index is -0.426. The lowest BCUT2D eigenvalue weighted by molar-refractivity contribution is -0.384. The van der Waals surface area contributed by atoms with Gasteiger partial charge >= 0.3 is 0 Å². The molecule has 2 rings (SSSR count). The quantitative estimate of drug-likeness (QED) is 0.552. The number of benzene rings is 2. The molecule has 0 unspecified atom stereocenters. The normalized spacial score (nSPS) is 11.5. The summed E-state index contributed by atoms with van der Waals surface area (Å²) in [4.78, 5) is 22.6. The number of nitrogens with zero attached hydrogens (tertiary/aromatic N) is 1. The summed E-state index contributed by atoms with van der Waals surface area (Å²) in [7, 11) is 3.07. The number of rotatable bonds is 8. The summed E-state index contributed by atoms with van der Waals surface area (Å²) in [6.07, 6.45) is 0. The Labute approximate surface area is 155 Å². The van der Waals surface area contributed by atoms with E-state index in [0.29, 0.717) is 17.2 Å². The van der Waals surface area contributed by atoms with E-state index in [1.807, 2.05) is 13.0 Å². The zero-order valence-corrected chi connectivity index (χ0v) is 15.5. The van der Waals surface area contributed by atoms with E-state index >= 15 is 0 Å². The van der Waals surface area contributed by atoms with E-state index in [2.05, 4.69) is 5.32 Å². The highest BCUT2D eigenvalue weighted by Gasteiger charge is 2.14. The lowest BCUT2D eigenvalue weighted by Gasteiger charge is -2.13. The van der Waals surface area contributed by atoms with Crippen molar-refractivity contribution in [3.05, 3.63) is 58.1 Å². The average Bonchev–Trinajstić information content (AvgIpc) is 2.66. The third kappa shape index (κ3) is 5.13. The monoisotopic (exact) mass is 376 g/mol. The molecule has 1 amide bonds. The van der Waals surface area contributed by atoms with Crippen LogP contribution in [0.3, 0.4) is 0 Å². The molecule has 2 aromatic carbocycles. The molecule has 7 nitrogen and oxygen atoms in total. The summed E-state index contributed by atoms with van der Waals surface area (Å²) in [5.74, 6) is 1.17. The molecule has 2 aromatic rings. The Bertz CT molecular complexity index is 797. The van der Waals surface area contributed by atoms with Crippen LogP contribution in [0.4, 0.5) is 11.4 Å². The summed E-state index contributed by atoms with van der Waals surface area (Å²) < 4.78 is 10.4. The van der Waals surface area contributed by atoms with Crippen molar-refractivity contribution in [3.63, 3.8) is 0 Å². The fourth-order valence-corrected chi connectivity index (χ4v) is 3.11. The molecule has 8 heteroatoms. The molecule has 0 bridgehead atoms. The number of thioether (sulfide) groups is 1. The van der Waals surface area contributed by atoms with E-state index in [4.69, 9.17) is 9.47 Å². The number of non-ortho nitro benzene ring substituents is 1. The molecule has 0 radical (unpaired) electrons. The molecule has 0 heterocycles. The number of amides is 1. The summed E-state index contributed by atoms with van der Waals surface area (Å²) in [6, 6.07) is 11.6.